The van der Waals surface area contributed by atoms with Crippen LogP contribution in [0, 0.1) is 0 Å². The van der Waals surface area contributed by atoms with Gasteiger partial charge in [0.1, 0.15) is 18.8 Å². The van der Waals surface area contributed by atoms with Crippen LogP contribution in [-0.2, 0) is 25.6 Å². The molecule has 0 radical (unpaired) electrons. The molecule has 0 saturated carbocycles. The van der Waals surface area contributed by atoms with Gasteiger partial charge in [-0.15, -0.1) is 0 Å². The van der Waals surface area contributed by atoms with Gasteiger partial charge in [-0.3, -0.25) is 0 Å². The Bertz CT molecular complexity index is 677. The molecule has 5 atom stereocenters. The molecule has 1 fully saturated rings. The minimum absolute atomic E-state index is 0.0434. The molecule has 9 nitrogen and oxygen atoms in total. The van der Waals surface area contributed by atoms with E-state index in [9.17, 15) is 24.9 Å². The molecule has 174 valence electrons. The number of hydrogen-bond donors (Lipinski definition) is 4. The summed E-state index contributed by atoms with van der Waals surface area (Å²) in [6.45, 7) is 2.47. The number of nitrogens with one attached hydrogen (secondary N) is 1. The molecule has 10 heteroatoms. The van der Waals surface area contributed by atoms with Crippen LogP contribution in [-0.4, -0.2) is 76.1 Å². The number of aliphatic hydroxyl groups excluding tert-OH is 2. The lowest BCUT2D eigenvalue weighted by atomic mass is 10.0. The van der Waals surface area contributed by atoms with Crippen molar-refractivity contribution < 1.29 is 39.1 Å². The van der Waals surface area contributed by atoms with Crippen LogP contribution in [0.25, 0.3) is 0 Å². The van der Waals surface area contributed by atoms with Crippen LogP contribution >= 0.6 is 11.8 Å². The molecule has 0 aromatic heterocycles. The third kappa shape index (κ3) is 9.04. The maximum atomic E-state index is 11.9. The van der Waals surface area contributed by atoms with E-state index in [1.807, 2.05) is 25.1 Å². The van der Waals surface area contributed by atoms with E-state index in [1.165, 1.54) is 11.8 Å². The zero-order chi connectivity index (χ0) is 22.6. The van der Waals surface area contributed by atoms with E-state index in [1.54, 1.807) is 12.1 Å². The largest absolute Gasteiger partial charge is 0.480 e. The Morgan fingerprint density at radius 3 is 2.71 bits per heavy atom. The Balaban J connectivity index is 1.75. The number of carbonyl (C=O) groups is 2. The number of aliphatic carboxylic acids is 1. The maximum Gasteiger partial charge on any atom is 0.408 e. The first kappa shape index (κ1) is 25.4. The Morgan fingerprint density at radius 1 is 1.29 bits per heavy atom. The van der Waals surface area contributed by atoms with Gasteiger partial charge < -0.3 is 34.8 Å². The molecule has 2 rings (SSSR count). The van der Waals surface area contributed by atoms with Crippen molar-refractivity contribution in [2.24, 2.45) is 0 Å². The first-order valence-electron chi connectivity index (χ1n) is 10.3. The van der Waals surface area contributed by atoms with E-state index in [2.05, 4.69) is 5.32 Å². The first-order valence-corrected chi connectivity index (χ1v) is 11.5. The van der Waals surface area contributed by atoms with Gasteiger partial charge in [-0.1, -0.05) is 43.7 Å². The van der Waals surface area contributed by atoms with Crippen LogP contribution in [0.15, 0.2) is 30.3 Å². The van der Waals surface area contributed by atoms with Crippen LogP contribution in [0.3, 0.4) is 0 Å². The normalized spacial score (nSPS) is 24.4. The SMILES string of the molecule is CCCCOC1OC(CSCC(NC(=O)OCc2ccccc2)C(=O)O)CC(O)C1O. The minimum atomic E-state index is -1.18. The summed E-state index contributed by atoms with van der Waals surface area (Å²) < 4.78 is 16.3. The van der Waals surface area contributed by atoms with Crippen molar-refractivity contribution in [3.05, 3.63) is 35.9 Å². The number of amides is 1. The lowest BCUT2D eigenvalue weighted by molar-refractivity contribution is -0.262. The second-order valence-electron chi connectivity index (χ2n) is 7.28. The fourth-order valence-corrected chi connectivity index (χ4v) is 3.98. The molecule has 0 spiro atoms. The first-order chi connectivity index (χ1) is 14.9. The smallest absolute Gasteiger partial charge is 0.408 e. The molecule has 0 aliphatic carbocycles. The fourth-order valence-electron chi connectivity index (χ4n) is 2.90. The van der Waals surface area contributed by atoms with Gasteiger partial charge in [-0.05, 0) is 12.0 Å². The highest BCUT2D eigenvalue weighted by molar-refractivity contribution is 7.99. The van der Waals surface area contributed by atoms with Crippen molar-refractivity contribution in [2.45, 2.75) is 63.4 Å². The summed E-state index contributed by atoms with van der Waals surface area (Å²) in [6, 6.07) is 7.94. The summed E-state index contributed by atoms with van der Waals surface area (Å²) in [5.41, 5.74) is 0.796. The molecule has 1 aliphatic rings. The third-order valence-electron chi connectivity index (χ3n) is 4.68. The predicted octanol–water partition coefficient (Wildman–Crippen LogP) is 1.75. The van der Waals surface area contributed by atoms with Gasteiger partial charge in [0.15, 0.2) is 6.29 Å². The van der Waals surface area contributed by atoms with E-state index < -0.39 is 42.7 Å². The van der Waals surface area contributed by atoms with Crippen LogP contribution in [0.1, 0.15) is 31.7 Å². The molecule has 1 amide bonds. The number of thioether (sulfide) groups is 1. The molecule has 4 N–H and O–H groups in total. The maximum absolute atomic E-state index is 11.9. The molecule has 1 aliphatic heterocycles. The standard InChI is InChI=1S/C21H31NO8S/c1-2-3-9-28-20-18(24)17(23)10-15(30-20)12-31-13-16(19(25)26)22-21(27)29-11-14-7-5-4-6-8-14/h4-8,15-18,20,23-24H,2-3,9-13H2,1H3,(H,22,27)(H,25,26). The van der Waals surface area contributed by atoms with Crippen molar-refractivity contribution in [1.82, 2.24) is 5.32 Å². The highest BCUT2D eigenvalue weighted by Gasteiger charge is 2.37. The number of benzene rings is 1. The Kier molecular flexibility index (Phi) is 11.1. The summed E-state index contributed by atoms with van der Waals surface area (Å²) >= 11 is 1.26. The Morgan fingerprint density at radius 2 is 2.03 bits per heavy atom. The number of aliphatic hydroxyl groups is 2. The van der Waals surface area contributed by atoms with Crippen LogP contribution < -0.4 is 5.32 Å². The number of unbranched alkanes of at least 4 members (excludes halogenated alkanes) is 1. The van der Waals surface area contributed by atoms with Gasteiger partial charge in [-0.25, -0.2) is 9.59 Å². The molecule has 5 unspecified atom stereocenters. The van der Waals surface area contributed by atoms with E-state index in [0.717, 1.165) is 18.4 Å². The predicted molar refractivity (Wildman–Crippen MR) is 115 cm³/mol. The van der Waals surface area contributed by atoms with E-state index in [-0.39, 0.29) is 18.8 Å². The summed E-state index contributed by atoms with van der Waals surface area (Å²) in [5, 5.41) is 31.8. The Labute approximate surface area is 186 Å². The number of alkyl carbamates (subject to hydrolysis) is 1. The van der Waals surface area contributed by atoms with Crippen molar-refractivity contribution in [2.75, 3.05) is 18.1 Å². The lowest BCUT2D eigenvalue weighted by Gasteiger charge is -2.36. The third-order valence-corrected chi connectivity index (χ3v) is 5.85. The van der Waals surface area contributed by atoms with Crippen LogP contribution in [0.5, 0.6) is 0 Å². The van der Waals surface area contributed by atoms with Crippen LogP contribution in [0.4, 0.5) is 4.79 Å². The Hall–Kier alpha value is -1.85. The average Bonchev–Trinajstić information content (AvgIpc) is 2.75. The molecular formula is C21H31NO8S. The molecule has 1 aromatic carbocycles. The quantitative estimate of drug-likeness (QED) is 0.346. The summed E-state index contributed by atoms with van der Waals surface area (Å²) in [5.74, 6) is -0.706. The second kappa shape index (κ2) is 13.5. The van der Waals surface area contributed by atoms with E-state index >= 15 is 0 Å². The van der Waals surface area contributed by atoms with E-state index in [0.29, 0.717) is 12.4 Å². The number of rotatable bonds is 12. The molecule has 1 heterocycles. The number of ether oxygens (including phenoxy) is 3. The molecule has 31 heavy (non-hydrogen) atoms. The van der Waals surface area contributed by atoms with Gasteiger partial charge in [0.25, 0.3) is 0 Å². The lowest BCUT2D eigenvalue weighted by Crippen LogP contribution is -2.50. The van der Waals surface area contributed by atoms with Crippen molar-refractivity contribution in [3.8, 4) is 0 Å². The van der Waals surface area contributed by atoms with Crippen molar-refractivity contribution in [3.63, 3.8) is 0 Å². The zero-order valence-electron chi connectivity index (χ0n) is 17.5. The summed E-state index contributed by atoms with van der Waals surface area (Å²) in [7, 11) is 0. The van der Waals surface area contributed by atoms with Gasteiger partial charge >= 0.3 is 12.1 Å². The van der Waals surface area contributed by atoms with E-state index in [4.69, 9.17) is 14.2 Å². The second-order valence-corrected chi connectivity index (χ2v) is 8.35. The fraction of sp³-hybridized carbons (Fsp3) is 0.619. The molecule has 1 saturated heterocycles. The topological polar surface area (TPSA) is 135 Å². The van der Waals surface area contributed by atoms with Crippen LogP contribution in [0.2, 0.25) is 0 Å². The number of carboxylic acids is 1. The summed E-state index contributed by atoms with van der Waals surface area (Å²) in [6.07, 6.45) is -2.27. The number of carbonyl (C=O) groups excluding carboxylic acids is 1. The molecule has 1 aromatic rings. The van der Waals surface area contributed by atoms with Gasteiger partial charge in [0.2, 0.25) is 0 Å². The number of hydrogen-bond acceptors (Lipinski definition) is 8. The highest BCUT2D eigenvalue weighted by Crippen LogP contribution is 2.24. The highest BCUT2D eigenvalue weighted by atomic mass is 32.2. The molecule has 0 bridgehead atoms. The minimum Gasteiger partial charge on any atom is -0.480 e. The number of carboxylic acid groups (broad SMARTS) is 1. The van der Waals surface area contributed by atoms with Gasteiger partial charge in [-0.2, -0.15) is 11.8 Å². The van der Waals surface area contributed by atoms with Crippen molar-refractivity contribution in [1.29, 1.82) is 0 Å². The monoisotopic (exact) mass is 457 g/mol. The summed E-state index contributed by atoms with van der Waals surface area (Å²) in [4.78, 5) is 23.4. The average molecular weight is 458 g/mol. The van der Waals surface area contributed by atoms with Gasteiger partial charge in [0, 0.05) is 24.5 Å². The molecular weight excluding hydrogens is 426 g/mol. The zero-order valence-corrected chi connectivity index (χ0v) is 18.3. The van der Waals surface area contributed by atoms with Crippen molar-refractivity contribution >= 4 is 23.8 Å². The van der Waals surface area contributed by atoms with Gasteiger partial charge in [0.05, 0.1) is 12.2 Å².